The van der Waals surface area contributed by atoms with Gasteiger partial charge < -0.3 is 26.2 Å². The van der Waals surface area contributed by atoms with Gasteiger partial charge in [-0.15, -0.1) is 0 Å². The number of hydrogen-bond donors (Lipinski definition) is 5. The molecule has 2 aromatic carbocycles. The molecule has 0 aromatic heterocycles. The van der Waals surface area contributed by atoms with Crippen LogP contribution in [-0.2, 0) is 33.6 Å². The third-order valence-corrected chi connectivity index (χ3v) is 9.82. The summed E-state index contributed by atoms with van der Waals surface area (Å²) in [6, 6.07) is 10.8. The van der Waals surface area contributed by atoms with Crippen molar-refractivity contribution in [3.63, 3.8) is 0 Å². The van der Waals surface area contributed by atoms with Gasteiger partial charge >= 0.3 is 0 Å². The molecule has 2 aromatic rings. The van der Waals surface area contributed by atoms with Crippen LogP contribution in [0.1, 0.15) is 66.8 Å². The van der Waals surface area contributed by atoms with E-state index in [9.17, 15) is 34.8 Å². The van der Waals surface area contributed by atoms with Crippen molar-refractivity contribution in [3.05, 3.63) is 81.1 Å². The van der Waals surface area contributed by atoms with Gasteiger partial charge in [0.2, 0.25) is 5.78 Å². The largest absolute Gasteiger partial charge is 0.508 e. The van der Waals surface area contributed by atoms with Gasteiger partial charge in [0, 0.05) is 11.5 Å². The van der Waals surface area contributed by atoms with Crippen molar-refractivity contribution in [3.8, 4) is 5.75 Å². The Morgan fingerprint density at radius 1 is 1.02 bits per heavy atom. The quantitative estimate of drug-likeness (QED) is 0.292. The molecule has 3 aliphatic rings. The maximum Gasteiger partial charge on any atom is 0.255 e. The highest BCUT2D eigenvalue weighted by Crippen LogP contribution is 2.53. The fraction of sp³-hybridized carbons (Fsp3) is 0.441. The number of aryl methyl sites for hydroxylation is 2. The van der Waals surface area contributed by atoms with Crippen LogP contribution in [0.2, 0.25) is 0 Å². The maximum absolute atomic E-state index is 14.0. The lowest BCUT2D eigenvalue weighted by molar-refractivity contribution is -0.153. The number of nitrogens with zero attached hydrogens (tertiary/aromatic N) is 1. The fourth-order valence-electron chi connectivity index (χ4n) is 7.54. The highest BCUT2D eigenvalue weighted by molar-refractivity contribution is 6.24. The summed E-state index contributed by atoms with van der Waals surface area (Å²) in [4.78, 5) is 40.9. The van der Waals surface area contributed by atoms with Crippen molar-refractivity contribution in [2.45, 2.75) is 69.9 Å². The number of benzene rings is 2. The number of ketones is 2. The second-order valence-electron chi connectivity index (χ2n) is 12.3. The average molecular weight is 589 g/mol. The molecule has 1 amide bonds. The summed E-state index contributed by atoms with van der Waals surface area (Å²) in [5, 5.41) is 45.0. The van der Waals surface area contributed by atoms with Crippen molar-refractivity contribution in [2.24, 2.45) is 17.6 Å². The summed E-state index contributed by atoms with van der Waals surface area (Å²) in [7, 11) is 3.17. The van der Waals surface area contributed by atoms with Gasteiger partial charge in [0.05, 0.1) is 11.6 Å². The van der Waals surface area contributed by atoms with E-state index in [4.69, 9.17) is 5.73 Å². The molecule has 6 N–H and O–H groups in total. The van der Waals surface area contributed by atoms with Gasteiger partial charge in [-0.05, 0) is 92.8 Å². The summed E-state index contributed by atoms with van der Waals surface area (Å²) in [5.74, 6) is -5.94. The Labute approximate surface area is 251 Å². The second-order valence-corrected chi connectivity index (χ2v) is 12.3. The van der Waals surface area contributed by atoms with Crippen LogP contribution in [0.15, 0.2) is 53.3 Å². The number of carbonyl (C=O) groups excluding carboxylic acids is 3. The summed E-state index contributed by atoms with van der Waals surface area (Å²) in [6.45, 7) is 4.38. The van der Waals surface area contributed by atoms with Crippen LogP contribution in [0.4, 0.5) is 0 Å². The third-order valence-electron chi connectivity index (χ3n) is 9.82. The van der Waals surface area contributed by atoms with E-state index in [1.54, 1.807) is 14.1 Å². The molecule has 0 saturated heterocycles. The first-order chi connectivity index (χ1) is 20.4. The minimum Gasteiger partial charge on any atom is -0.508 e. The number of rotatable bonds is 8. The molecule has 0 radical (unpaired) electrons. The molecule has 5 rings (SSSR count). The first-order valence-electron chi connectivity index (χ1n) is 14.9. The number of primary amides is 1. The lowest BCUT2D eigenvalue weighted by atomic mass is 9.57. The Kier molecular flexibility index (Phi) is 8.00. The van der Waals surface area contributed by atoms with Crippen molar-refractivity contribution in [1.29, 1.82) is 0 Å². The number of aliphatic hydroxyl groups is 3. The summed E-state index contributed by atoms with van der Waals surface area (Å²) in [6.07, 6.45) is 3.89. The Hall–Kier alpha value is -3.95. The van der Waals surface area contributed by atoms with Crippen LogP contribution >= 0.6 is 0 Å². The Bertz CT molecular complexity index is 1550. The molecule has 4 atom stereocenters. The zero-order valence-electron chi connectivity index (χ0n) is 25.1. The predicted octanol–water partition coefficient (Wildman–Crippen LogP) is 3.65. The maximum atomic E-state index is 14.0. The lowest BCUT2D eigenvalue weighted by Crippen LogP contribution is -2.65. The number of aliphatic hydroxyl groups excluding tert-OH is 2. The number of fused-ring (bicyclic) bond motifs is 3. The van der Waals surface area contributed by atoms with E-state index in [2.05, 4.69) is 38.1 Å². The van der Waals surface area contributed by atoms with E-state index >= 15 is 0 Å². The Balaban J connectivity index is 1.53. The molecule has 0 aliphatic heterocycles. The molecule has 0 unspecified atom stereocenters. The topological polar surface area (TPSA) is 161 Å². The van der Waals surface area contributed by atoms with Crippen molar-refractivity contribution in [2.75, 3.05) is 14.1 Å². The first kappa shape index (κ1) is 30.5. The number of phenols is 1. The number of likely N-dealkylation sites (N-methyl/N-ethyl adjacent to an activating group) is 1. The smallest absolute Gasteiger partial charge is 0.255 e. The molecular formula is C34H40N2O7. The van der Waals surface area contributed by atoms with E-state index in [0.717, 1.165) is 30.4 Å². The molecule has 1 saturated carbocycles. The van der Waals surface area contributed by atoms with Gasteiger partial charge in [-0.2, -0.15) is 0 Å². The van der Waals surface area contributed by atoms with E-state index in [0.29, 0.717) is 17.9 Å². The number of aromatic hydroxyl groups is 1. The number of phenolic OH excluding ortho intramolecular Hbond substituents is 1. The number of Topliss-reactive ketones (excluding diaryl/α,β-unsaturated/α-hetero) is 2. The van der Waals surface area contributed by atoms with Gasteiger partial charge in [0.1, 0.15) is 22.8 Å². The molecule has 3 aliphatic carbocycles. The summed E-state index contributed by atoms with van der Waals surface area (Å²) in [5.41, 5.74) is 6.01. The van der Waals surface area contributed by atoms with E-state index in [1.807, 2.05) is 6.07 Å². The molecule has 228 valence electrons. The normalized spacial score (nSPS) is 25.2. The van der Waals surface area contributed by atoms with Crippen molar-refractivity contribution >= 4 is 23.2 Å². The number of hydrogen-bond acceptors (Lipinski definition) is 8. The van der Waals surface area contributed by atoms with Gasteiger partial charge in [0.15, 0.2) is 11.4 Å². The van der Waals surface area contributed by atoms with Crippen LogP contribution in [0, 0.1) is 11.8 Å². The first-order valence-corrected chi connectivity index (χ1v) is 14.9. The van der Waals surface area contributed by atoms with Gasteiger partial charge in [0.25, 0.3) is 5.91 Å². The summed E-state index contributed by atoms with van der Waals surface area (Å²) >= 11 is 0. The molecule has 0 bridgehead atoms. The minimum absolute atomic E-state index is 0.0678. The third kappa shape index (κ3) is 4.75. The Morgan fingerprint density at radius 2 is 1.67 bits per heavy atom. The molecule has 9 nitrogen and oxygen atoms in total. The fourth-order valence-corrected chi connectivity index (χ4v) is 7.54. The van der Waals surface area contributed by atoms with E-state index in [1.165, 1.54) is 16.5 Å². The summed E-state index contributed by atoms with van der Waals surface area (Å²) < 4.78 is 0. The van der Waals surface area contributed by atoms with Gasteiger partial charge in [-0.25, -0.2) is 0 Å². The zero-order chi connectivity index (χ0) is 31.4. The highest BCUT2D eigenvalue weighted by atomic mass is 16.3. The van der Waals surface area contributed by atoms with E-state index in [-0.39, 0.29) is 29.7 Å². The van der Waals surface area contributed by atoms with Crippen LogP contribution in [0.5, 0.6) is 5.75 Å². The molecule has 9 heteroatoms. The standard InChI is InChI=1S/C34H40N2O7/c1-5-18(6-2)19-10-7-17(8-11-19)9-12-20-13-14-24(37)26-22(20)15-21-16-23-28(36(3)4)30(39)27(33(35)42)32(41)34(23,43)31(40)25(21)29(26)38/h7-8,10-11,13-14,18,21,23,28,37-38,41,43H,5-6,9,12,15-16H2,1-4H3,(H2,35,42)/t21-,23-,28-,34-/m0/s1. The number of amides is 1. The Morgan fingerprint density at radius 3 is 2.26 bits per heavy atom. The van der Waals surface area contributed by atoms with Crippen LogP contribution in [0.25, 0.3) is 5.76 Å². The molecule has 1 fully saturated rings. The number of carbonyl (C=O) groups is 3. The molecular weight excluding hydrogens is 548 g/mol. The average Bonchev–Trinajstić information content (AvgIpc) is 2.95. The van der Waals surface area contributed by atoms with E-state index < -0.39 is 58.0 Å². The van der Waals surface area contributed by atoms with Crippen LogP contribution in [-0.4, -0.2) is 68.5 Å². The monoisotopic (exact) mass is 588 g/mol. The second kappa shape index (κ2) is 11.3. The lowest BCUT2D eigenvalue weighted by Gasteiger charge is -2.50. The molecule has 0 heterocycles. The zero-order valence-corrected chi connectivity index (χ0v) is 25.1. The SMILES string of the molecule is CCC(CC)c1ccc(CCc2ccc(O)c3c2C[C@H]2C[C@H]4[C@H](N(C)C)C(=O)C(C(N)=O)=C(O)[C@@]4(O)C(=O)C2=C3O)cc1. The highest BCUT2D eigenvalue weighted by Gasteiger charge is 2.64. The molecule has 0 spiro atoms. The minimum atomic E-state index is -2.64. The van der Waals surface area contributed by atoms with Crippen LogP contribution in [0.3, 0.4) is 0 Å². The predicted molar refractivity (Wildman–Crippen MR) is 161 cm³/mol. The molecule has 43 heavy (non-hydrogen) atoms. The van der Waals surface area contributed by atoms with Crippen molar-refractivity contribution < 1.29 is 34.8 Å². The number of nitrogens with two attached hydrogens (primary N) is 1. The van der Waals surface area contributed by atoms with Crippen LogP contribution < -0.4 is 5.73 Å². The van der Waals surface area contributed by atoms with Gasteiger partial charge in [-0.3, -0.25) is 19.3 Å². The van der Waals surface area contributed by atoms with Gasteiger partial charge in [-0.1, -0.05) is 44.2 Å². The van der Waals surface area contributed by atoms with Crippen molar-refractivity contribution in [1.82, 2.24) is 4.90 Å².